The van der Waals surface area contributed by atoms with Crippen LogP contribution in [0.5, 0.6) is 0 Å². The zero-order valence-electron chi connectivity index (χ0n) is 9.76. The van der Waals surface area contributed by atoms with Gasteiger partial charge in [-0.25, -0.2) is 0 Å². The molecule has 0 aliphatic rings. The molecule has 0 radical (unpaired) electrons. The van der Waals surface area contributed by atoms with Crippen molar-refractivity contribution in [3.05, 3.63) is 0 Å². The molecule has 2 atom stereocenters. The molecule has 0 spiro atoms. The minimum absolute atomic E-state index is 0.389. The fourth-order valence-electron chi connectivity index (χ4n) is 1.14. The number of hydrogen-bond acceptors (Lipinski definition) is 2. The summed E-state index contributed by atoms with van der Waals surface area (Å²) in [6, 6.07) is 0.499. The Bertz CT molecular complexity index is 115. The smallest absolute Gasteiger partial charge is 0.0625 e. The lowest BCUT2D eigenvalue weighted by molar-refractivity contribution is 0.0394. The van der Waals surface area contributed by atoms with Gasteiger partial charge in [0.2, 0.25) is 0 Å². The van der Waals surface area contributed by atoms with Crippen molar-refractivity contribution in [3.8, 4) is 0 Å². The molecule has 80 valence electrons. The standard InChI is InChI=1S/C11H25NO/c1-6-10(5)13-8-11(9(3)4)12-7-2/h9-12H,6-8H2,1-5H3. The van der Waals surface area contributed by atoms with E-state index in [2.05, 4.69) is 39.9 Å². The second-order valence-electron chi connectivity index (χ2n) is 3.96. The lowest BCUT2D eigenvalue weighted by Crippen LogP contribution is -2.38. The van der Waals surface area contributed by atoms with E-state index in [0.717, 1.165) is 19.6 Å². The van der Waals surface area contributed by atoms with Gasteiger partial charge in [-0.1, -0.05) is 27.7 Å². The van der Waals surface area contributed by atoms with Crippen LogP contribution in [0.15, 0.2) is 0 Å². The number of rotatable bonds is 7. The average molecular weight is 187 g/mol. The molecular formula is C11H25NO. The van der Waals surface area contributed by atoms with Gasteiger partial charge in [0.15, 0.2) is 0 Å². The molecule has 0 aromatic carbocycles. The molecule has 0 heterocycles. The van der Waals surface area contributed by atoms with Gasteiger partial charge < -0.3 is 10.1 Å². The fourth-order valence-corrected chi connectivity index (χ4v) is 1.14. The van der Waals surface area contributed by atoms with Crippen molar-refractivity contribution >= 4 is 0 Å². The average Bonchev–Trinajstić information content (AvgIpc) is 2.11. The van der Waals surface area contributed by atoms with E-state index in [4.69, 9.17) is 4.74 Å². The Morgan fingerprint density at radius 3 is 2.15 bits per heavy atom. The van der Waals surface area contributed by atoms with Gasteiger partial charge in [-0.2, -0.15) is 0 Å². The summed E-state index contributed by atoms with van der Waals surface area (Å²) in [5, 5.41) is 3.44. The Labute approximate surface area is 83.1 Å². The third-order valence-electron chi connectivity index (χ3n) is 2.41. The molecule has 1 N–H and O–H groups in total. The summed E-state index contributed by atoms with van der Waals surface area (Å²) in [7, 11) is 0. The monoisotopic (exact) mass is 187 g/mol. The van der Waals surface area contributed by atoms with E-state index in [9.17, 15) is 0 Å². The molecule has 0 saturated heterocycles. The van der Waals surface area contributed by atoms with Crippen molar-refractivity contribution in [2.75, 3.05) is 13.2 Å². The Hall–Kier alpha value is -0.0800. The largest absolute Gasteiger partial charge is 0.377 e. The third-order valence-corrected chi connectivity index (χ3v) is 2.41. The van der Waals surface area contributed by atoms with Gasteiger partial charge >= 0.3 is 0 Å². The van der Waals surface area contributed by atoms with E-state index >= 15 is 0 Å². The van der Waals surface area contributed by atoms with Gasteiger partial charge in [0.1, 0.15) is 0 Å². The Balaban J connectivity index is 3.68. The topological polar surface area (TPSA) is 21.3 Å². The second-order valence-corrected chi connectivity index (χ2v) is 3.96. The van der Waals surface area contributed by atoms with Crippen molar-refractivity contribution in [2.24, 2.45) is 5.92 Å². The van der Waals surface area contributed by atoms with Crippen LogP contribution in [0.2, 0.25) is 0 Å². The van der Waals surface area contributed by atoms with Crippen LogP contribution in [0.1, 0.15) is 41.0 Å². The predicted molar refractivity (Wildman–Crippen MR) is 58.0 cm³/mol. The van der Waals surface area contributed by atoms with Crippen LogP contribution in [0.25, 0.3) is 0 Å². The van der Waals surface area contributed by atoms with Crippen LogP contribution in [-0.4, -0.2) is 25.3 Å². The lowest BCUT2D eigenvalue weighted by Gasteiger charge is -2.23. The molecule has 2 heteroatoms. The van der Waals surface area contributed by atoms with Crippen LogP contribution >= 0.6 is 0 Å². The van der Waals surface area contributed by atoms with E-state index in [1.807, 2.05) is 0 Å². The van der Waals surface area contributed by atoms with Gasteiger partial charge in [-0.3, -0.25) is 0 Å². The maximum atomic E-state index is 5.70. The van der Waals surface area contributed by atoms with Crippen molar-refractivity contribution in [2.45, 2.75) is 53.2 Å². The van der Waals surface area contributed by atoms with Gasteiger partial charge in [-0.05, 0) is 25.8 Å². The highest BCUT2D eigenvalue weighted by molar-refractivity contribution is 4.69. The summed E-state index contributed by atoms with van der Waals surface area (Å²) in [5.74, 6) is 0.643. The molecule has 0 aliphatic heterocycles. The van der Waals surface area contributed by atoms with E-state index < -0.39 is 0 Å². The van der Waals surface area contributed by atoms with E-state index in [0.29, 0.717) is 18.1 Å². The predicted octanol–water partition coefficient (Wildman–Crippen LogP) is 2.44. The summed E-state index contributed by atoms with van der Waals surface area (Å²) >= 11 is 0. The van der Waals surface area contributed by atoms with E-state index in [1.165, 1.54) is 0 Å². The normalized spacial score (nSPS) is 16.2. The molecular weight excluding hydrogens is 162 g/mol. The first kappa shape index (κ1) is 12.9. The summed E-state index contributed by atoms with van der Waals surface area (Å²) in [4.78, 5) is 0. The highest BCUT2D eigenvalue weighted by atomic mass is 16.5. The number of likely N-dealkylation sites (N-methyl/N-ethyl adjacent to an activating group) is 1. The van der Waals surface area contributed by atoms with Crippen LogP contribution in [0.4, 0.5) is 0 Å². The fraction of sp³-hybridized carbons (Fsp3) is 1.00. The highest BCUT2D eigenvalue weighted by Gasteiger charge is 2.12. The molecule has 0 aromatic heterocycles. The summed E-state index contributed by atoms with van der Waals surface area (Å²) in [6.45, 7) is 12.7. The minimum atomic E-state index is 0.389. The summed E-state index contributed by atoms with van der Waals surface area (Å²) in [6.07, 6.45) is 1.48. The first-order valence-corrected chi connectivity index (χ1v) is 5.46. The van der Waals surface area contributed by atoms with Crippen LogP contribution in [-0.2, 0) is 4.74 Å². The molecule has 0 fully saturated rings. The lowest BCUT2D eigenvalue weighted by atomic mass is 10.1. The summed E-state index contributed by atoms with van der Waals surface area (Å²) < 4.78 is 5.70. The molecule has 0 aliphatic carbocycles. The molecule has 2 unspecified atom stereocenters. The molecule has 0 bridgehead atoms. The zero-order valence-corrected chi connectivity index (χ0v) is 9.76. The molecule has 13 heavy (non-hydrogen) atoms. The Morgan fingerprint density at radius 1 is 1.15 bits per heavy atom. The number of nitrogens with one attached hydrogen (secondary N) is 1. The first-order valence-electron chi connectivity index (χ1n) is 5.46. The van der Waals surface area contributed by atoms with Gasteiger partial charge in [0.05, 0.1) is 12.7 Å². The van der Waals surface area contributed by atoms with Crippen molar-refractivity contribution in [3.63, 3.8) is 0 Å². The van der Waals surface area contributed by atoms with Crippen molar-refractivity contribution in [1.82, 2.24) is 5.32 Å². The molecule has 0 saturated carbocycles. The first-order chi connectivity index (χ1) is 6.11. The van der Waals surface area contributed by atoms with E-state index in [1.54, 1.807) is 0 Å². The van der Waals surface area contributed by atoms with Crippen LogP contribution in [0.3, 0.4) is 0 Å². The summed E-state index contributed by atoms with van der Waals surface area (Å²) in [5.41, 5.74) is 0. The zero-order chi connectivity index (χ0) is 10.3. The second kappa shape index (κ2) is 7.34. The third kappa shape index (κ3) is 6.05. The van der Waals surface area contributed by atoms with Crippen molar-refractivity contribution in [1.29, 1.82) is 0 Å². The number of hydrogen-bond donors (Lipinski definition) is 1. The SMILES string of the molecule is CCNC(COC(C)CC)C(C)C. The minimum Gasteiger partial charge on any atom is -0.377 e. The van der Waals surface area contributed by atoms with Gasteiger partial charge in [0, 0.05) is 6.04 Å². The van der Waals surface area contributed by atoms with Gasteiger partial charge in [0.25, 0.3) is 0 Å². The number of ether oxygens (including phenoxy) is 1. The van der Waals surface area contributed by atoms with Crippen LogP contribution in [0, 0.1) is 5.92 Å². The Morgan fingerprint density at radius 2 is 1.77 bits per heavy atom. The molecule has 0 rings (SSSR count). The maximum absolute atomic E-state index is 5.70. The Kier molecular flexibility index (Phi) is 7.29. The van der Waals surface area contributed by atoms with E-state index in [-0.39, 0.29) is 0 Å². The maximum Gasteiger partial charge on any atom is 0.0625 e. The molecule has 0 aromatic rings. The molecule has 0 amide bonds. The molecule has 2 nitrogen and oxygen atoms in total. The quantitative estimate of drug-likeness (QED) is 0.661. The van der Waals surface area contributed by atoms with Crippen molar-refractivity contribution < 1.29 is 4.74 Å². The highest BCUT2D eigenvalue weighted by Crippen LogP contribution is 2.04. The van der Waals surface area contributed by atoms with Crippen LogP contribution < -0.4 is 5.32 Å². The van der Waals surface area contributed by atoms with Gasteiger partial charge in [-0.15, -0.1) is 0 Å².